The minimum absolute atomic E-state index is 0.0439. The first-order valence-electron chi connectivity index (χ1n) is 9.38. The summed E-state index contributed by atoms with van der Waals surface area (Å²) >= 11 is 0. The molecule has 0 aromatic heterocycles. The summed E-state index contributed by atoms with van der Waals surface area (Å²) in [5.41, 5.74) is 0.843. The van der Waals surface area contributed by atoms with E-state index in [0.717, 1.165) is 31.5 Å². The molecule has 1 saturated heterocycles. The van der Waals surface area contributed by atoms with Crippen LogP contribution in [0.1, 0.15) is 18.4 Å². The van der Waals surface area contributed by atoms with Crippen molar-refractivity contribution in [3.8, 4) is 17.2 Å². The highest BCUT2D eigenvalue weighted by molar-refractivity contribution is 5.77. The molecule has 1 N–H and O–H groups in total. The molecule has 28 heavy (non-hydrogen) atoms. The third kappa shape index (κ3) is 5.07. The van der Waals surface area contributed by atoms with Gasteiger partial charge < -0.3 is 28.7 Å². The van der Waals surface area contributed by atoms with E-state index in [4.69, 9.17) is 18.9 Å². The highest BCUT2D eigenvalue weighted by Crippen LogP contribution is 2.40. The van der Waals surface area contributed by atoms with Crippen LogP contribution in [0.2, 0.25) is 0 Å². The number of nitrogens with one attached hydrogen (secondary N) is 1. The number of piperidine rings is 1. The van der Waals surface area contributed by atoms with Crippen LogP contribution < -0.4 is 19.1 Å². The second-order valence-electron chi connectivity index (χ2n) is 6.97. The number of nitrogens with zero attached hydrogens (tertiary/aromatic N) is 1. The van der Waals surface area contributed by atoms with E-state index < -0.39 is 0 Å². The lowest BCUT2D eigenvalue weighted by atomic mass is 9.97. The number of methoxy groups -OCH3 is 4. The fraction of sp³-hybridized carbons (Fsp3) is 0.600. The molecule has 0 saturated carbocycles. The van der Waals surface area contributed by atoms with Gasteiger partial charge in [-0.25, -0.2) is 0 Å². The summed E-state index contributed by atoms with van der Waals surface area (Å²) in [6.45, 7) is 2.39. The molecule has 2 rings (SSSR count). The first-order chi connectivity index (χ1) is 13.4. The summed E-state index contributed by atoms with van der Waals surface area (Å²) in [6.07, 6.45) is 1.50. The van der Waals surface area contributed by atoms with Gasteiger partial charge in [-0.1, -0.05) is 0 Å². The van der Waals surface area contributed by atoms with Gasteiger partial charge in [0.15, 0.2) is 18.0 Å². The molecule has 1 amide bonds. The number of hydrogen-bond donors (Lipinski definition) is 1. The molecule has 8 nitrogen and oxygen atoms in total. The Morgan fingerprint density at radius 3 is 2.21 bits per heavy atom. The van der Waals surface area contributed by atoms with Crippen molar-refractivity contribution < 1.29 is 33.4 Å². The molecule has 0 radical (unpaired) electrons. The number of quaternary nitrogens is 1. The molecule has 1 heterocycles. The third-order valence-electron chi connectivity index (χ3n) is 5.25. The molecule has 1 fully saturated rings. The van der Waals surface area contributed by atoms with Gasteiger partial charge in [0.1, 0.15) is 0 Å². The fourth-order valence-electron chi connectivity index (χ4n) is 3.59. The number of rotatable bonds is 8. The minimum atomic E-state index is -0.150. The van der Waals surface area contributed by atoms with Gasteiger partial charge in [-0.2, -0.15) is 0 Å². The molecule has 0 unspecified atom stereocenters. The monoisotopic (exact) mass is 395 g/mol. The zero-order valence-electron chi connectivity index (χ0n) is 17.4. The number of benzene rings is 1. The number of ether oxygens (including phenoxy) is 4. The van der Waals surface area contributed by atoms with Gasteiger partial charge in [0.05, 0.1) is 47.4 Å². The van der Waals surface area contributed by atoms with Gasteiger partial charge in [0.2, 0.25) is 5.75 Å². The first kappa shape index (κ1) is 21.8. The number of carbonyl (C=O) groups is 2. The molecule has 8 heteroatoms. The lowest BCUT2D eigenvalue weighted by Gasteiger charge is -2.29. The van der Waals surface area contributed by atoms with E-state index >= 15 is 0 Å². The summed E-state index contributed by atoms with van der Waals surface area (Å²) in [7, 11) is 7.89. The van der Waals surface area contributed by atoms with Crippen LogP contribution in [0.4, 0.5) is 0 Å². The van der Waals surface area contributed by atoms with Crippen molar-refractivity contribution in [3.63, 3.8) is 0 Å². The van der Waals surface area contributed by atoms with Gasteiger partial charge in [0.25, 0.3) is 5.91 Å². The Labute approximate surface area is 166 Å². The molecule has 156 valence electrons. The molecule has 1 aliphatic heterocycles. The van der Waals surface area contributed by atoms with Crippen molar-refractivity contribution in [2.75, 3.05) is 55.1 Å². The van der Waals surface area contributed by atoms with Gasteiger partial charge >= 0.3 is 5.97 Å². The van der Waals surface area contributed by atoms with E-state index in [1.165, 1.54) is 12.0 Å². The Kier molecular flexibility index (Phi) is 7.92. The standard InChI is InChI=1S/C20H30N2O6/c1-21(12-15-6-7-16(25-2)19(27-4)18(15)26-3)17(23)13-22-10-8-14(9-11-22)20(24)28-5/h6-7,14H,8-13H2,1-5H3/p+1. The van der Waals surface area contributed by atoms with Crippen LogP contribution in [0.15, 0.2) is 12.1 Å². The highest BCUT2D eigenvalue weighted by Gasteiger charge is 2.30. The smallest absolute Gasteiger partial charge is 0.309 e. The predicted octanol–water partition coefficient (Wildman–Crippen LogP) is 0.139. The van der Waals surface area contributed by atoms with Crippen LogP contribution in [0.5, 0.6) is 17.2 Å². The topological polar surface area (TPSA) is 78.7 Å². The highest BCUT2D eigenvalue weighted by atomic mass is 16.5. The Morgan fingerprint density at radius 1 is 1.04 bits per heavy atom. The van der Waals surface area contributed by atoms with Crippen LogP contribution in [-0.2, 0) is 20.9 Å². The molecule has 0 aliphatic carbocycles. The van der Waals surface area contributed by atoms with Crippen LogP contribution in [-0.4, -0.2) is 71.9 Å². The van der Waals surface area contributed by atoms with Crippen LogP contribution in [0, 0.1) is 5.92 Å². The quantitative estimate of drug-likeness (QED) is 0.631. The number of likely N-dealkylation sites (N-methyl/N-ethyl adjacent to an activating group) is 1. The summed E-state index contributed by atoms with van der Waals surface area (Å²) in [5, 5.41) is 0. The third-order valence-corrected chi connectivity index (χ3v) is 5.25. The Hall–Kier alpha value is -2.48. The zero-order valence-corrected chi connectivity index (χ0v) is 17.4. The second-order valence-corrected chi connectivity index (χ2v) is 6.97. The van der Waals surface area contributed by atoms with Gasteiger partial charge in [-0.3, -0.25) is 9.59 Å². The largest absolute Gasteiger partial charge is 0.493 e. The summed E-state index contributed by atoms with van der Waals surface area (Å²) in [6, 6.07) is 3.68. The molecule has 0 atom stereocenters. The fourth-order valence-corrected chi connectivity index (χ4v) is 3.59. The lowest BCUT2D eigenvalue weighted by Crippen LogP contribution is -3.14. The van der Waals surface area contributed by atoms with E-state index in [9.17, 15) is 9.59 Å². The van der Waals surface area contributed by atoms with Crippen LogP contribution in [0.25, 0.3) is 0 Å². The van der Waals surface area contributed by atoms with Crippen molar-refractivity contribution in [2.45, 2.75) is 19.4 Å². The molecule has 1 aromatic carbocycles. The maximum Gasteiger partial charge on any atom is 0.309 e. The Morgan fingerprint density at radius 2 is 1.68 bits per heavy atom. The Bertz CT molecular complexity index is 686. The maximum atomic E-state index is 12.7. The van der Waals surface area contributed by atoms with E-state index in [1.807, 2.05) is 6.07 Å². The summed E-state index contributed by atoms with van der Waals surface area (Å²) < 4.78 is 21.0. The maximum absolute atomic E-state index is 12.7. The van der Waals surface area contributed by atoms with E-state index in [-0.39, 0.29) is 17.8 Å². The van der Waals surface area contributed by atoms with Crippen molar-refractivity contribution >= 4 is 11.9 Å². The van der Waals surface area contributed by atoms with Gasteiger partial charge in [-0.15, -0.1) is 0 Å². The number of amides is 1. The number of carbonyl (C=O) groups excluding carboxylic acids is 2. The van der Waals surface area contributed by atoms with Crippen molar-refractivity contribution in [1.82, 2.24) is 4.90 Å². The lowest BCUT2D eigenvalue weighted by molar-refractivity contribution is -0.898. The predicted molar refractivity (Wildman–Crippen MR) is 103 cm³/mol. The summed E-state index contributed by atoms with van der Waals surface area (Å²) in [5.74, 6) is 1.51. The first-order valence-corrected chi connectivity index (χ1v) is 9.38. The van der Waals surface area contributed by atoms with Gasteiger partial charge in [-0.05, 0) is 12.1 Å². The van der Waals surface area contributed by atoms with E-state index in [2.05, 4.69) is 0 Å². The molecular formula is C20H31N2O6+. The second kappa shape index (κ2) is 10.2. The number of esters is 1. The average molecular weight is 395 g/mol. The number of hydrogen-bond acceptors (Lipinski definition) is 6. The summed E-state index contributed by atoms with van der Waals surface area (Å²) in [4.78, 5) is 27.2. The van der Waals surface area contributed by atoms with Gasteiger partial charge in [0, 0.05) is 32.0 Å². The van der Waals surface area contributed by atoms with Crippen molar-refractivity contribution in [3.05, 3.63) is 17.7 Å². The van der Waals surface area contributed by atoms with Crippen LogP contribution in [0.3, 0.4) is 0 Å². The van der Waals surface area contributed by atoms with Crippen molar-refractivity contribution in [1.29, 1.82) is 0 Å². The average Bonchev–Trinajstić information content (AvgIpc) is 2.72. The minimum Gasteiger partial charge on any atom is -0.493 e. The van der Waals surface area contributed by atoms with Crippen LogP contribution >= 0.6 is 0 Å². The molecule has 1 aliphatic rings. The molecular weight excluding hydrogens is 364 g/mol. The van der Waals surface area contributed by atoms with E-state index in [0.29, 0.717) is 30.3 Å². The normalized spacial score (nSPS) is 18.9. The van der Waals surface area contributed by atoms with Crippen molar-refractivity contribution in [2.24, 2.45) is 5.92 Å². The van der Waals surface area contributed by atoms with E-state index in [1.54, 1.807) is 39.3 Å². The number of likely N-dealkylation sites (tertiary alicyclic amines) is 1. The molecule has 0 bridgehead atoms. The molecule has 0 spiro atoms. The SMILES string of the molecule is COC(=O)C1CC[NH+](CC(=O)N(C)Cc2ccc(OC)c(OC)c2OC)CC1. The molecule has 1 aromatic rings. The Balaban J connectivity index is 1.97. The zero-order chi connectivity index (χ0) is 20.7.